The number of amides is 1. The number of carbonyl (C=O) groups is 1. The van der Waals surface area contributed by atoms with Gasteiger partial charge in [0.15, 0.2) is 0 Å². The molecule has 2 saturated heterocycles. The SMILES string of the molecule is CCS(=O)(=O)N1CCN(C(=O)C2CCCN2)CC1.Cl. The van der Waals surface area contributed by atoms with E-state index in [0.29, 0.717) is 26.2 Å². The molecule has 0 aromatic rings. The summed E-state index contributed by atoms with van der Waals surface area (Å²) in [6.07, 6.45) is 1.94. The molecule has 0 aromatic carbocycles. The topological polar surface area (TPSA) is 69.7 Å². The first kappa shape index (κ1) is 16.7. The number of nitrogens with zero attached hydrogens (tertiary/aromatic N) is 2. The van der Waals surface area contributed by atoms with Gasteiger partial charge in [-0.2, -0.15) is 4.31 Å². The van der Waals surface area contributed by atoms with Crippen LogP contribution in [0.2, 0.25) is 0 Å². The van der Waals surface area contributed by atoms with Crippen molar-refractivity contribution < 1.29 is 13.2 Å². The second-order valence-electron chi connectivity index (χ2n) is 4.77. The summed E-state index contributed by atoms with van der Waals surface area (Å²) in [6.45, 7) is 4.42. The van der Waals surface area contributed by atoms with Crippen molar-refractivity contribution in [3.8, 4) is 0 Å². The monoisotopic (exact) mass is 311 g/mol. The maximum atomic E-state index is 12.1. The van der Waals surface area contributed by atoms with Crippen molar-refractivity contribution in [3.05, 3.63) is 0 Å². The van der Waals surface area contributed by atoms with Crippen LogP contribution in [0.15, 0.2) is 0 Å². The van der Waals surface area contributed by atoms with E-state index in [1.165, 1.54) is 4.31 Å². The van der Waals surface area contributed by atoms with E-state index in [9.17, 15) is 13.2 Å². The molecule has 0 spiro atoms. The van der Waals surface area contributed by atoms with Gasteiger partial charge in [0.05, 0.1) is 11.8 Å². The lowest BCUT2D eigenvalue weighted by Gasteiger charge is -2.35. The van der Waals surface area contributed by atoms with Crippen molar-refractivity contribution in [2.24, 2.45) is 0 Å². The van der Waals surface area contributed by atoms with Gasteiger partial charge in [0.25, 0.3) is 0 Å². The Balaban J connectivity index is 0.00000180. The summed E-state index contributed by atoms with van der Waals surface area (Å²) in [6, 6.07) is -0.0562. The molecular formula is C11H22ClN3O3S. The first-order valence-electron chi connectivity index (χ1n) is 6.54. The van der Waals surface area contributed by atoms with Crippen LogP contribution in [0, 0.1) is 0 Å². The van der Waals surface area contributed by atoms with Gasteiger partial charge in [-0.05, 0) is 26.3 Å². The fourth-order valence-corrected chi connectivity index (χ4v) is 3.57. The van der Waals surface area contributed by atoms with E-state index < -0.39 is 10.0 Å². The van der Waals surface area contributed by atoms with Gasteiger partial charge >= 0.3 is 0 Å². The average Bonchev–Trinajstić information content (AvgIpc) is 2.92. The Kier molecular flexibility index (Phi) is 6.04. The van der Waals surface area contributed by atoms with Crippen LogP contribution in [-0.4, -0.2) is 68.0 Å². The standard InChI is InChI=1S/C11H21N3O3S.ClH/c1-2-18(16,17)14-8-6-13(7-9-14)11(15)10-4-3-5-12-10;/h10,12H,2-9H2,1H3;1H. The maximum absolute atomic E-state index is 12.1. The van der Waals surface area contributed by atoms with Crippen molar-refractivity contribution in [1.82, 2.24) is 14.5 Å². The minimum atomic E-state index is -3.11. The van der Waals surface area contributed by atoms with E-state index in [1.807, 2.05) is 0 Å². The zero-order chi connectivity index (χ0) is 13.2. The molecule has 19 heavy (non-hydrogen) atoms. The van der Waals surface area contributed by atoms with E-state index in [1.54, 1.807) is 11.8 Å². The van der Waals surface area contributed by atoms with Crippen molar-refractivity contribution in [2.45, 2.75) is 25.8 Å². The largest absolute Gasteiger partial charge is 0.339 e. The van der Waals surface area contributed by atoms with Gasteiger partial charge in [-0.15, -0.1) is 12.4 Å². The van der Waals surface area contributed by atoms with Crippen LogP contribution in [0.1, 0.15) is 19.8 Å². The number of hydrogen-bond acceptors (Lipinski definition) is 4. The fraction of sp³-hybridized carbons (Fsp3) is 0.909. The lowest BCUT2D eigenvalue weighted by molar-refractivity contribution is -0.134. The van der Waals surface area contributed by atoms with Crippen LogP contribution in [0.4, 0.5) is 0 Å². The molecule has 2 heterocycles. The van der Waals surface area contributed by atoms with Crippen LogP contribution in [0.3, 0.4) is 0 Å². The number of nitrogens with one attached hydrogen (secondary N) is 1. The summed E-state index contributed by atoms with van der Waals surface area (Å²) >= 11 is 0. The summed E-state index contributed by atoms with van der Waals surface area (Å²) in [4.78, 5) is 13.9. The Morgan fingerprint density at radius 3 is 2.37 bits per heavy atom. The highest BCUT2D eigenvalue weighted by Gasteiger charge is 2.31. The Labute approximate surface area is 121 Å². The van der Waals surface area contributed by atoms with Crippen LogP contribution < -0.4 is 5.32 Å². The van der Waals surface area contributed by atoms with Gasteiger partial charge in [-0.1, -0.05) is 0 Å². The third kappa shape index (κ3) is 3.81. The number of piperazine rings is 1. The molecule has 0 bridgehead atoms. The third-order valence-corrected chi connectivity index (χ3v) is 5.55. The van der Waals surface area contributed by atoms with Crippen LogP contribution in [-0.2, 0) is 14.8 Å². The molecule has 1 N–H and O–H groups in total. The Hall–Kier alpha value is -0.370. The van der Waals surface area contributed by atoms with Crippen LogP contribution in [0.5, 0.6) is 0 Å². The second-order valence-corrected chi connectivity index (χ2v) is 7.03. The second kappa shape index (κ2) is 6.88. The quantitative estimate of drug-likeness (QED) is 0.774. The summed E-state index contributed by atoms with van der Waals surface area (Å²) in [7, 11) is -3.11. The molecule has 6 nitrogen and oxygen atoms in total. The zero-order valence-electron chi connectivity index (χ0n) is 11.2. The average molecular weight is 312 g/mol. The first-order valence-corrected chi connectivity index (χ1v) is 8.15. The predicted molar refractivity (Wildman–Crippen MR) is 75.9 cm³/mol. The number of halogens is 1. The molecule has 1 atom stereocenters. The molecule has 1 amide bonds. The van der Waals surface area contributed by atoms with E-state index in [0.717, 1.165) is 19.4 Å². The number of carbonyl (C=O) groups excluding carboxylic acids is 1. The summed E-state index contributed by atoms with van der Waals surface area (Å²) in [5.74, 6) is 0.256. The lowest BCUT2D eigenvalue weighted by atomic mass is 10.2. The highest BCUT2D eigenvalue weighted by molar-refractivity contribution is 7.89. The van der Waals surface area contributed by atoms with Gasteiger partial charge in [-0.25, -0.2) is 8.42 Å². The smallest absolute Gasteiger partial charge is 0.239 e. The molecular weight excluding hydrogens is 290 g/mol. The van der Waals surface area contributed by atoms with Gasteiger partial charge in [0.1, 0.15) is 0 Å². The summed E-state index contributed by atoms with van der Waals surface area (Å²) in [5.41, 5.74) is 0. The van der Waals surface area contributed by atoms with E-state index in [4.69, 9.17) is 0 Å². The Bertz CT molecular complexity index is 401. The maximum Gasteiger partial charge on any atom is 0.239 e. The third-order valence-electron chi connectivity index (χ3n) is 3.67. The number of hydrogen-bond donors (Lipinski definition) is 1. The Morgan fingerprint density at radius 1 is 1.26 bits per heavy atom. The normalized spacial score (nSPS) is 25.1. The molecule has 0 saturated carbocycles. The fourth-order valence-electron chi connectivity index (χ4n) is 2.48. The van der Waals surface area contributed by atoms with E-state index in [-0.39, 0.29) is 30.1 Å². The molecule has 2 aliphatic heterocycles. The summed E-state index contributed by atoms with van der Waals surface area (Å²) in [5, 5.41) is 3.18. The van der Waals surface area contributed by atoms with Crippen LogP contribution >= 0.6 is 12.4 Å². The van der Waals surface area contributed by atoms with E-state index >= 15 is 0 Å². The number of sulfonamides is 1. The molecule has 2 fully saturated rings. The van der Waals surface area contributed by atoms with Gasteiger partial charge in [0.2, 0.25) is 15.9 Å². The molecule has 1 unspecified atom stereocenters. The Morgan fingerprint density at radius 2 is 1.89 bits per heavy atom. The predicted octanol–water partition coefficient (Wildman–Crippen LogP) is -0.346. The van der Waals surface area contributed by atoms with Crippen molar-refractivity contribution in [2.75, 3.05) is 38.5 Å². The minimum Gasteiger partial charge on any atom is -0.339 e. The van der Waals surface area contributed by atoms with Crippen molar-refractivity contribution in [3.63, 3.8) is 0 Å². The molecule has 2 rings (SSSR count). The van der Waals surface area contributed by atoms with Gasteiger partial charge in [0, 0.05) is 26.2 Å². The minimum absolute atomic E-state index is 0. The summed E-state index contributed by atoms with van der Waals surface area (Å²) < 4.78 is 24.9. The molecule has 112 valence electrons. The van der Waals surface area contributed by atoms with Gasteiger partial charge < -0.3 is 10.2 Å². The van der Waals surface area contributed by atoms with Crippen LogP contribution in [0.25, 0.3) is 0 Å². The molecule has 0 aliphatic carbocycles. The molecule has 8 heteroatoms. The molecule has 2 aliphatic rings. The van der Waals surface area contributed by atoms with Gasteiger partial charge in [-0.3, -0.25) is 4.79 Å². The van der Waals surface area contributed by atoms with Crippen molar-refractivity contribution in [1.29, 1.82) is 0 Å². The molecule has 0 aromatic heterocycles. The zero-order valence-corrected chi connectivity index (χ0v) is 12.8. The first-order chi connectivity index (χ1) is 8.54. The number of rotatable bonds is 3. The highest BCUT2D eigenvalue weighted by atomic mass is 35.5. The highest BCUT2D eigenvalue weighted by Crippen LogP contribution is 2.12. The lowest BCUT2D eigenvalue weighted by Crippen LogP contribution is -2.54. The van der Waals surface area contributed by atoms with Crippen molar-refractivity contribution >= 4 is 28.3 Å². The molecule has 0 radical (unpaired) electrons. The van der Waals surface area contributed by atoms with E-state index in [2.05, 4.69) is 5.32 Å².